The van der Waals surface area contributed by atoms with Crippen molar-refractivity contribution in [3.8, 4) is 5.75 Å². The summed E-state index contributed by atoms with van der Waals surface area (Å²) in [5.74, 6) is 0.156. The summed E-state index contributed by atoms with van der Waals surface area (Å²) in [5, 5.41) is 0.497. The Morgan fingerprint density at radius 3 is 2.67 bits per heavy atom. The molecule has 0 atom stereocenters. The lowest BCUT2D eigenvalue weighted by Gasteiger charge is -2.09. The number of halogens is 1. The minimum Gasteiger partial charge on any atom is -0.382 e. The van der Waals surface area contributed by atoms with E-state index in [4.69, 9.17) is 21.5 Å². The monoisotopic (exact) mass is 249 g/mol. The molecule has 0 saturated heterocycles. The Bertz CT molecular complexity index is 445. The van der Waals surface area contributed by atoms with Gasteiger partial charge in [-0.1, -0.05) is 11.6 Å². The molecule has 1 rings (SSSR count). The van der Waals surface area contributed by atoms with E-state index in [-0.39, 0.29) is 18.0 Å². The molecule has 0 unspecified atom stereocenters. The molecule has 0 aliphatic heterocycles. The van der Waals surface area contributed by atoms with Crippen molar-refractivity contribution in [2.45, 2.75) is 13.5 Å². The molecule has 6 heteroatoms. The Balaban J connectivity index is 3.05. The molecule has 0 amide bonds. The molecule has 0 fully saturated rings. The zero-order chi connectivity index (χ0) is 11.5. The first-order valence-corrected chi connectivity index (χ1v) is 6.34. The van der Waals surface area contributed by atoms with Crippen LogP contribution in [0.1, 0.15) is 12.5 Å². The van der Waals surface area contributed by atoms with E-state index in [2.05, 4.69) is 0 Å². The first-order valence-electron chi connectivity index (χ1n) is 4.39. The van der Waals surface area contributed by atoms with E-state index >= 15 is 0 Å². The lowest BCUT2D eigenvalue weighted by molar-refractivity contribution is 0.484. The van der Waals surface area contributed by atoms with Crippen LogP contribution >= 0.6 is 11.6 Å². The van der Waals surface area contributed by atoms with E-state index in [9.17, 15) is 8.42 Å². The number of hydrogen-bond donors (Lipinski definition) is 1. The Hall–Kier alpha value is -0.780. The molecule has 0 aromatic heterocycles. The summed E-state index contributed by atoms with van der Waals surface area (Å²) in [7, 11) is -3.52. The van der Waals surface area contributed by atoms with Crippen molar-refractivity contribution in [2.24, 2.45) is 5.73 Å². The van der Waals surface area contributed by atoms with Crippen molar-refractivity contribution in [3.05, 3.63) is 28.8 Å². The number of benzene rings is 1. The van der Waals surface area contributed by atoms with E-state index < -0.39 is 10.1 Å². The van der Waals surface area contributed by atoms with Gasteiger partial charge in [-0.2, -0.15) is 8.42 Å². The fourth-order valence-electron chi connectivity index (χ4n) is 0.985. The van der Waals surface area contributed by atoms with Crippen LogP contribution in [0.25, 0.3) is 0 Å². The van der Waals surface area contributed by atoms with Gasteiger partial charge in [0.15, 0.2) is 0 Å². The maximum Gasteiger partial charge on any atom is 0.308 e. The van der Waals surface area contributed by atoms with Crippen LogP contribution in [0.3, 0.4) is 0 Å². The summed E-state index contributed by atoms with van der Waals surface area (Å²) >= 11 is 5.74. The van der Waals surface area contributed by atoms with Gasteiger partial charge >= 0.3 is 10.1 Å². The lowest BCUT2D eigenvalue weighted by atomic mass is 10.2. The number of hydrogen-bond acceptors (Lipinski definition) is 4. The highest BCUT2D eigenvalue weighted by Gasteiger charge is 2.12. The highest BCUT2D eigenvalue weighted by Crippen LogP contribution is 2.23. The molecule has 15 heavy (non-hydrogen) atoms. The third-order valence-electron chi connectivity index (χ3n) is 1.81. The van der Waals surface area contributed by atoms with Crippen molar-refractivity contribution < 1.29 is 12.6 Å². The molecule has 0 aliphatic rings. The van der Waals surface area contributed by atoms with Crippen molar-refractivity contribution in [3.63, 3.8) is 0 Å². The highest BCUT2D eigenvalue weighted by atomic mass is 35.5. The van der Waals surface area contributed by atoms with Gasteiger partial charge in [-0.05, 0) is 25.1 Å². The minimum absolute atomic E-state index is 0.0837. The Kier molecular flexibility index (Phi) is 3.96. The molecule has 0 saturated carbocycles. The molecule has 1 aromatic rings. The number of nitrogens with two attached hydrogens (primary N) is 1. The Morgan fingerprint density at radius 1 is 1.47 bits per heavy atom. The van der Waals surface area contributed by atoms with Crippen LogP contribution in [0, 0.1) is 0 Å². The quantitative estimate of drug-likeness (QED) is 0.822. The first kappa shape index (κ1) is 12.3. The van der Waals surface area contributed by atoms with Gasteiger partial charge < -0.3 is 9.92 Å². The Morgan fingerprint density at radius 2 is 2.13 bits per heavy atom. The topological polar surface area (TPSA) is 69.4 Å². The summed E-state index contributed by atoms with van der Waals surface area (Å²) < 4.78 is 27.3. The van der Waals surface area contributed by atoms with Crippen LogP contribution in [0.4, 0.5) is 0 Å². The lowest BCUT2D eigenvalue weighted by Crippen LogP contribution is -2.13. The predicted molar refractivity (Wildman–Crippen MR) is 59.4 cm³/mol. The van der Waals surface area contributed by atoms with Gasteiger partial charge in [0.25, 0.3) is 0 Å². The van der Waals surface area contributed by atoms with Crippen molar-refractivity contribution in [1.29, 1.82) is 0 Å². The predicted octanol–water partition coefficient (Wildman–Crippen LogP) is 1.53. The van der Waals surface area contributed by atoms with Gasteiger partial charge in [0, 0.05) is 17.1 Å². The van der Waals surface area contributed by atoms with Gasteiger partial charge in [0.05, 0.1) is 5.75 Å². The first-order chi connectivity index (χ1) is 6.98. The van der Waals surface area contributed by atoms with Gasteiger partial charge in [-0.3, -0.25) is 0 Å². The third kappa shape index (κ3) is 3.37. The van der Waals surface area contributed by atoms with E-state index in [1.54, 1.807) is 12.1 Å². The van der Waals surface area contributed by atoms with Crippen molar-refractivity contribution >= 4 is 21.7 Å². The molecule has 0 spiro atoms. The van der Waals surface area contributed by atoms with Crippen LogP contribution in [-0.2, 0) is 16.7 Å². The van der Waals surface area contributed by atoms with E-state index in [1.807, 2.05) is 0 Å². The summed E-state index contributed by atoms with van der Waals surface area (Å²) in [4.78, 5) is 0. The van der Waals surface area contributed by atoms with Crippen LogP contribution in [-0.4, -0.2) is 14.2 Å². The molecule has 4 nitrogen and oxygen atoms in total. The fourth-order valence-corrected chi connectivity index (χ4v) is 1.73. The summed E-state index contributed by atoms with van der Waals surface area (Å²) in [5.41, 5.74) is 6.02. The molecular formula is C9H12ClNO3S. The van der Waals surface area contributed by atoms with E-state index in [0.29, 0.717) is 10.6 Å². The smallest absolute Gasteiger partial charge is 0.308 e. The zero-order valence-electron chi connectivity index (χ0n) is 8.23. The summed E-state index contributed by atoms with van der Waals surface area (Å²) in [6, 6.07) is 4.64. The van der Waals surface area contributed by atoms with Crippen LogP contribution in [0.15, 0.2) is 18.2 Å². The molecule has 0 bridgehead atoms. The molecule has 1 aromatic carbocycles. The summed E-state index contributed by atoms with van der Waals surface area (Å²) in [6.45, 7) is 1.68. The second-order valence-corrected chi connectivity index (χ2v) is 5.18. The van der Waals surface area contributed by atoms with Crippen LogP contribution in [0.5, 0.6) is 5.75 Å². The minimum atomic E-state index is -3.52. The maximum absolute atomic E-state index is 11.2. The van der Waals surface area contributed by atoms with Crippen LogP contribution < -0.4 is 9.92 Å². The average molecular weight is 250 g/mol. The normalized spacial score (nSPS) is 11.4. The second kappa shape index (κ2) is 4.83. The molecule has 0 aliphatic carbocycles. The number of rotatable bonds is 4. The second-order valence-electron chi connectivity index (χ2n) is 2.89. The zero-order valence-corrected chi connectivity index (χ0v) is 9.81. The van der Waals surface area contributed by atoms with E-state index in [1.165, 1.54) is 13.0 Å². The maximum atomic E-state index is 11.2. The molecule has 2 N–H and O–H groups in total. The van der Waals surface area contributed by atoms with E-state index in [0.717, 1.165) is 0 Å². The van der Waals surface area contributed by atoms with Crippen LogP contribution in [0.2, 0.25) is 5.02 Å². The van der Waals surface area contributed by atoms with Crippen molar-refractivity contribution in [1.82, 2.24) is 0 Å². The van der Waals surface area contributed by atoms with Gasteiger partial charge in [0.2, 0.25) is 0 Å². The molecule has 84 valence electrons. The fraction of sp³-hybridized carbons (Fsp3) is 0.333. The summed E-state index contributed by atoms with van der Waals surface area (Å²) in [6.07, 6.45) is 0. The molecule has 0 radical (unpaired) electrons. The largest absolute Gasteiger partial charge is 0.382 e. The van der Waals surface area contributed by atoms with Gasteiger partial charge in [0.1, 0.15) is 5.75 Å². The molecular weight excluding hydrogens is 238 g/mol. The standard InChI is InChI=1S/C9H12ClNO3S/c1-2-15(12,13)14-9-4-3-8(10)5-7(9)6-11/h3-5H,2,6,11H2,1H3. The van der Waals surface area contributed by atoms with Crippen molar-refractivity contribution in [2.75, 3.05) is 5.75 Å². The molecule has 0 heterocycles. The third-order valence-corrected chi connectivity index (χ3v) is 3.19. The SMILES string of the molecule is CCS(=O)(=O)Oc1ccc(Cl)cc1CN. The average Bonchev–Trinajstić information content (AvgIpc) is 2.20. The highest BCUT2D eigenvalue weighted by molar-refractivity contribution is 7.87. The van der Waals surface area contributed by atoms with Gasteiger partial charge in [-0.15, -0.1) is 0 Å². The Labute approximate surface area is 94.1 Å². The van der Waals surface area contributed by atoms with Gasteiger partial charge in [-0.25, -0.2) is 0 Å².